The van der Waals surface area contributed by atoms with Crippen LogP contribution in [0.5, 0.6) is 0 Å². The number of hydrogen-bond donors (Lipinski definition) is 0. The average Bonchev–Trinajstić information content (AvgIpc) is 2.02. The lowest BCUT2D eigenvalue weighted by atomic mass is 9.68. The van der Waals surface area contributed by atoms with Crippen LogP contribution in [0.3, 0.4) is 0 Å². The van der Waals surface area contributed by atoms with E-state index in [4.69, 9.17) is 4.74 Å². The van der Waals surface area contributed by atoms with Crippen LogP contribution in [-0.4, -0.2) is 11.6 Å². The molecule has 0 amide bonds. The second kappa shape index (κ2) is 3.00. The van der Waals surface area contributed by atoms with E-state index in [9.17, 15) is 4.79 Å². The van der Waals surface area contributed by atoms with Crippen LogP contribution in [0.25, 0.3) is 0 Å². The van der Waals surface area contributed by atoms with Crippen molar-refractivity contribution in [3.8, 4) is 0 Å². The summed E-state index contributed by atoms with van der Waals surface area (Å²) in [6.45, 7) is 4.13. The van der Waals surface area contributed by atoms with E-state index in [-0.39, 0.29) is 11.6 Å². The molecule has 0 unspecified atom stereocenters. The molecule has 2 aliphatic rings. The molecule has 2 heteroatoms. The summed E-state index contributed by atoms with van der Waals surface area (Å²) >= 11 is 0. The third-order valence-electron chi connectivity index (χ3n) is 3.61. The van der Waals surface area contributed by atoms with Crippen molar-refractivity contribution in [2.75, 3.05) is 0 Å². The minimum absolute atomic E-state index is 0.00755. The molecule has 13 heavy (non-hydrogen) atoms. The highest BCUT2D eigenvalue weighted by atomic mass is 16.6. The Morgan fingerprint density at radius 2 is 2.00 bits per heavy atom. The van der Waals surface area contributed by atoms with Crippen LogP contribution in [0, 0.1) is 11.8 Å². The van der Waals surface area contributed by atoms with Gasteiger partial charge < -0.3 is 4.74 Å². The lowest BCUT2D eigenvalue weighted by molar-refractivity contribution is -0.180. The molecule has 1 heterocycles. The normalized spacial score (nSPS) is 37.8. The van der Waals surface area contributed by atoms with Gasteiger partial charge in [-0.25, -0.2) is 0 Å². The molecule has 1 saturated heterocycles. The monoisotopic (exact) mass is 182 g/mol. The van der Waals surface area contributed by atoms with Gasteiger partial charge >= 0.3 is 5.97 Å². The maximum absolute atomic E-state index is 11.3. The van der Waals surface area contributed by atoms with E-state index in [0.717, 1.165) is 0 Å². The zero-order valence-corrected chi connectivity index (χ0v) is 8.51. The summed E-state index contributed by atoms with van der Waals surface area (Å²) < 4.78 is 5.40. The minimum atomic E-state index is -0.208. The fourth-order valence-electron chi connectivity index (χ4n) is 2.99. The lowest BCUT2D eigenvalue weighted by Gasteiger charge is -2.45. The molecule has 2 atom stereocenters. The van der Waals surface area contributed by atoms with Gasteiger partial charge in [0.2, 0.25) is 0 Å². The Labute approximate surface area is 79.7 Å². The highest BCUT2D eigenvalue weighted by Crippen LogP contribution is 2.44. The number of esters is 1. The predicted molar refractivity (Wildman–Crippen MR) is 50.2 cm³/mol. The van der Waals surface area contributed by atoms with Crippen molar-refractivity contribution in [1.82, 2.24) is 0 Å². The van der Waals surface area contributed by atoms with Crippen molar-refractivity contribution in [1.29, 1.82) is 0 Å². The van der Waals surface area contributed by atoms with Gasteiger partial charge in [0.05, 0.1) is 0 Å². The van der Waals surface area contributed by atoms with Gasteiger partial charge in [-0.3, -0.25) is 4.79 Å². The summed E-state index contributed by atoms with van der Waals surface area (Å²) in [7, 11) is 0. The molecule has 0 bridgehead atoms. The zero-order chi connectivity index (χ0) is 9.47. The zero-order valence-electron chi connectivity index (χ0n) is 8.51. The molecule has 0 aromatic heterocycles. The van der Waals surface area contributed by atoms with E-state index >= 15 is 0 Å². The summed E-state index contributed by atoms with van der Waals surface area (Å²) in [5.41, 5.74) is -0.208. The molecule has 0 spiro atoms. The van der Waals surface area contributed by atoms with Crippen LogP contribution in [0.2, 0.25) is 0 Å². The summed E-state index contributed by atoms with van der Waals surface area (Å²) in [6, 6.07) is 0. The topological polar surface area (TPSA) is 26.3 Å². The van der Waals surface area contributed by atoms with Gasteiger partial charge in [-0.05, 0) is 32.6 Å². The smallest absolute Gasteiger partial charge is 0.306 e. The van der Waals surface area contributed by atoms with Crippen molar-refractivity contribution in [2.45, 2.75) is 51.6 Å². The molecule has 74 valence electrons. The van der Waals surface area contributed by atoms with Gasteiger partial charge in [-0.2, -0.15) is 0 Å². The first-order valence-electron chi connectivity index (χ1n) is 5.31. The fourth-order valence-corrected chi connectivity index (χ4v) is 2.99. The molecule has 1 saturated carbocycles. The Morgan fingerprint density at radius 1 is 1.31 bits per heavy atom. The maximum atomic E-state index is 11.3. The maximum Gasteiger partial charge on any atom is 0.306 e. The number of carbonyl (C=O) groups is 1. The number of rotatable bonds is 0. The van der Waals surface area contributed by atoms with Crippen LogP contribution < -0.4 is 0 Å². The number of fused-ring (bicyclic) bond motifs is 1. The van der Waals surface area contributed by atoms with Crippen LogP contribution in [0.1, 0.15) is 46.0 Å². The largest absolute Gasteiger partial charge is 0.459 e. The van der Waals surface area contributed by atoms with Gasteiger partial charge in [0.25, 0.3) is 0 Å². The number of ether oxygens (including phenoxy) is 1. The first kappa shape index (κ1) is 9.04. The third-order valence-corrected chi connectivity index (χ3v) is 3.61. The molecule has 1 aliphatic heterocycles. The lowest BCUT2D eigenvalue weighted by Crippen LogP contribution is -2.47. The second-order valence-corrected chi connectivity index (χ2v) is 4.93. The van der Waals surface area contributed by atoms with Gasteiger partial charge in [0.1, 0.15) is 5.60 Å². The van der Waals surface area contributed by atoms with E-state index in [1.807, 2.05) is 0 Å². The molecular weight excluding hydrogens is 164 g/mol. The first-order valence-corrected chi connectivity index (χ1v) is 5.31. The molecule has 1 aliphatic carbocycles. The molecule has 2 nitrogen and oxygen atoms in total. The van der Waals surface area contributed by atoms with Gasteiger partial charge in [0.15, 0.2) is 0 Å². The van der Waals surface area contributed by atoms with E-state index in [1.165, 1.54) is 25.7 Å². The van der Waals surface area contributed by atoms with Crippen molar-refractivity contribution >= 4 is 5.97 Å². The standard InChI is InChI=1S/C11H18O2/c1-11(2)9-6-4-3-5-8(9)7-10(12)13-11/h8-9H,3-7H2,1-2H3/t8-,9-/m1/s1. The highest BCUT2D eigenvalue weighted by Gasteiger charge is 2.44. The average molecular weight is 182 g/mol. The molecule has 0 radical (unpaired) electrons. The quantitative estimate of drug-likeness (QED) is 0.538. The third kappa shape index (κ3) is 1.59. The van der Waals surface area contributed by atoms with Crippen LogP contribution in [0.4, 0.5) is 0 Å². The van der Waals surface area contributed by atoms with Crippen molar-refractivity contribution in [2.24, 2.45) is 11.8 Å². The Kier molecular flexibility index (Phi) is 2.09. The van der Waals surface area contributed by atoms with Crippen molar-refractivity contribution < 1.29 is 9.53 Å². The summed E-state index contributed by atoms with van der Waals surface area (Å²) in [5, 5.41) is 0. The van der Waals surface area contributed by atoms with E-state index in [1.54, 1.807) is 0 Å². The molecule has 0 aromatic rings. The van der Waals surface area contributed by atoms with Gasteiger partial charge in [-0.15, -0.1) is 0 Å². The molecule has 0 N–H and O–H groups in total. The number of cyclic esters (lactones) is 1. The van der Waals surface area contributed by atoms with Gasteiger partial charge in [-0.1, -0.05) is 12.8 Å². The SMILES string of the molecule is CC1(C)OC(=O)C[C@H]2CCCC[C@H]21. The van der Waals surface area contributed by atoms with Crippen LogP contribution in [-0.2, 0) is 9.53 Å². The summed E-state index contributed by atoms with van der Waals surface area (Å²) in [5.74, 6) is 1.22. The van der Waals surface area contributed by atoms with E-state index in [2.05, 4.69) is 13.8 Å². The van der Waals surface area contributed by atoms with Crippen LogP contribution >= 0.6 is 0 Å². The first-order chi connectivity index (χ1) is 6.09. The molecular formula is C11H18O2. The van der Waals surface area contributed by atoms with Crippen molar-refractivity contribution in [3.63, 3.8) is 0 Å². The van der Waals surface area contributed by atoms with Gasteiger partial charge in [0, 0.05) is 12.3 Å². The van der Waals surface area contributed by atoms with Crippen molar-refractivity contribution in [3.05, 3.63) is 0 Å². The van der Waals surface area contributed by atoms with Crippen LogP contribution in [0.15, 0.2) is 0 Å². The summed E-state index contributed by atoms with van der Waals surface area (Å²) in [4.78, 5) is 11.3. The van der Waals surface area contributed by atoms with E-state index < -0.39 is 0 Å². The fraction of sp³-hybridized carbons (Fsp3) is 0.909. The molecule has 2 rings (SSSR count). The Morgan fingerprint density at radius 3 is 2.77 bits per heavy atom. The minimum Gasteiger partial charge on any atom is -0.459 e. The Hall–Kier alpha value is -0.530. The Balaban J connectivity index is 2.17. The predicted octanol–water partition coefficient (Wildman–Crippen LogP) is 2.52. The van der Waals surface area contributed by atoms with E-state index in [0.29, 0.717) is 18.3 Å². The second-order valence-electron chi connectivity index (χ2n) is 4.93. The molecule has 2 fully saturated rings. The Bertz CT molecular complexity index is 220. The molecule has 0 aromatic carbocycles. The highest BCUT2D eigenvalue weighted by molar-refractivity contribution is 5.71. The summed E-state index contributed by atoms with van der Waals surface area (Å²) in [6.07, 6.45) is 5.73. The number of hydrogen-bond acceptors (Lipinski definition) is 2. The number of carbonyl (C=O) groups excluding carboxylic acids is 1.